The second-order valence-electron chi connectivity index (χ2n) is 5.15. The number of hydrogen-bond acceptors (Lipinski definition) is 1. The molecular weight excluding hydrogens is 342 g/mol. The average Bonchev–Trinajstić information content (AvgIpc) is 3.26. The van der Waals surface area contributed by atoms with Crippen LogP contribution in [0.2, 0.25) is 14.4 Å². The Morgan fingerprint density at radius 2 is 1.65 bits per heavy atom. The molecular formula is C14H18OSe2. The predicted octanol–water partition coefficient (Wildman–Crippen LogP) is 2.03. The van der Waals surface area contributed by atoms with Crippen molar-refractivity contribution in [2.45, 2.75) is 46.2 Å². The Morgan fingerprint density at radius 3 is 2.12 bits per heavy atom. The van der Waals surface area contributed by atoms with E-state index in [9.17, 15) is 5.11 Å². The number of aliphatic hydroxyl groups is 1. The van der Waals surface area contributed by atoms with Gasteiger partial charge in [-0.2, -0.15) is 0 Å². The molecule has 2 aliphatic carbocycles. The van der Waals surface area contributed by atoms with Gasteiger partial charge in [-0.1, -0.05) is 0 Å². The summed E-state index contributed by atoms with van der Waals surface area (Å²) in [6.45, 7) is 0. The standard InChI is InChI=1S/C14H18OSe2/c1-16-13(7-8-13)12(15)14(9-10-14)17-11-5-3-2-4-6-11/h2-6,12,15H,7-10H2,1H3. The molecule has 3 rings (SSSR count). The molecule has 0 bridgehead atoms. The van der Waals surface area contributed by atoms with Crippen LogP contribution in [-0.4, -0.2) is 41.1 Å². The van der Waals surface area contributed by atoms with Crippen LogP contribution in [0.5, 0.6) is 0 Å². The fraction of sp³-hybridized carbons (Fsp3) is 0.571. The molecule has 3 heteroatoms. The van der Waals surface area contributed by atoms with E-state index in [2.05, 4.69) is 36.2 Å². The molecule has 0 spiro atoms. The molecule has 0 amide bonds. The van der Waals surface area contributed by atoms with E-state index in [4.69, 9.17) is 0 Å². The monoisotopic (exact) mass is 362 g/mol. The summed E-state index contributed by atoms with van der Waals surface area (Å²) in [4.78, 5) is 0. The molecule has 1 aromatic rings. The zero-order valence-corrected chi connectivity index (χ0v) is 13.5. The molecule has 1 aromatic carbocycles. The molecule has 1 nitrogen and oxygen atoms in total. The summed E-state index contributed by atoms with van der Waals surface area (Å²) in [5, 5.41) is 10.7. The fourth-order valence-corrected chi connectivity index (χ4v) is 7.81. The van der Waals surface area contributed by atoms with Gasteiger partial charge in [0.2, 0.25) is 0 Å². The summed E-state index contributed by atoms with van der Waals surface area (Å²) in [5.41, 5.74) is 0. The van der Waals surface area contributed by atoms with Crippen molar-refractivity contribution in [2.75, 3.05) is 0 Å². The molecule has 0 heterocycles. The van der Waals surface area contributed by atoms with Gasteiger partial charge in [0.25, 0.3) is 0 Å². The zero-order valence-electron chi connectivity index (χ0n) is 10.1. The molecule has 2 fully saturated rings. The normalized spacial score (nSPS) is 25.3. The molecule has 0 saturated heterocycles. The van der Waals surface area contributed by atoms with Gasteiger partial charge in [0.15, 0.2) is 0 Å². The summed E-state index contributed by atoms with van der Waals surface area (Å²) < 4.78 is 2.11. The van der Waals surface area contributed by atoms with Gasteiger partial charge < -0.3 is 0 Å². The van der Waals surface area contributed by atoms with Crippen LogP contribution >= 0.6 is 0 Å². The van der Waals surface area contributed by atoms with Crippen LogP contribution in [0, 0.1) is 0 Å². The Kier molecular flexibility index (Phi) is 3.17. The van der Waals surface area contributed by atoms with Crippen molar-refractivity contribution in [1.82, 2.24) is 0 Å². The predicted molar refractivity (Wildman–Crippen MR) is 73.3 cm³/mol. The van der Waals surface area contributed by atoms with Gasteiger partial charge in [-0.15, -0.1) is 0 Å². The van der Waals surface area contributed by atoms with E-state index in [0.717, 1.165) is 0 Å². The van der Waals surface area contributed by atoms with Crippen LogP contribution in [0.1, 0.15) is 25.7 Å². The fourth-order valence-electron chi connectivity index (χ4n) is 2.47. The quantitative estimate of drug-likeness (QED) is 0.797. The van der Waals surface area contributed by atoms with Gasteiger partial charge in [-0.25, -0.2) is 0 Å². The Bertz CT molecular complexity index is 396. The summed E-state index contributed by atoms with van der Waals surface area (Å²) in [5.74, 6) is 2.30. The van der Waals surface area contributed by atoms with Crippen LogP contribution in [-0.2, 0) is 0 Å². The minimum absolute atomic E-state index is 0.0137. The Hall–Kier alpha value is 0.219. The third-order valence-electron chi connectivity index (χ3n) is 3.95. The van der Waals surface area contributed by atoms with Crippen molar-refractivity contribution in [3.8, 4) is 0 Å². The molecule has 17 heavy (non-hydrogen) atoms. The van der Waals surface area contributed by atoms with E-state index in [1.165, 1.54) is 30.1 Å². The number of hydrogen-bond donors (Lipinski definition) is 1. The Labute approximate surface area is 116 Å². The van der Waals surface area contributed by atoms with Gasteiger partial charge in [0, 0.05) is 0 Å². The van der Waals surface area contributed by atoms with Crippen LogP contribution in [0.4, 0.5) is 0 Å². The molecule has 0 aromatic heterocycles. The summed E-state index contributed by atoms with van der Waals surface area (Å²) in [7, 11) is 0. The molecule has 1 N–H and O–H groups in total. The van der Waals surface area contributed by atoms with E-state index in [0.29, 0.717) is 38.5 Å². The maximum absolute atomic E-state index is 10.7. The van der Waals surface area contributed by atoms with E-state index >= 15 is 0 Å². The number of benzene rings is 1. The summed E-state index contributed by atoms with van der Waals surface area (Å²) in [6.07, 6.45) is 5.04. The first-order valence-corrected chi connectivity index (χ1v) is 10.5. The van der Waals surface area contributed by atoms with Gasteiger partial charge in [0.05, 0.1) is 0 Å². The first-order valence-electron chi connectivity index (χ1n) is 6.18. The average molecular weight is 360 g/mol. The molecule has 1 unspecified atom stereocenters. The first-order chi connectivity index (χ1) is 8.21. The third-order valence-corrected chi connectivity index (χ3v) is 10.2. The van der Waals surface area contributed by atoms with Crippen LogP contribution in [0.25, 0.3) is 0 Å². The SMILES string of the molecule is C[Se]C1(C(O)C2([Se]c3ccccc3)CC2)CC1. The van der Waals surface area contributed by atoms with Crippen molar-refractivity contribution >= 4 is 34.4 Å². The summed E-state index contributed by atoms with van der Waals surface area (Å²) in [6, 6.07) is 10.8. The van der Waals surface area contributed by atoms with Crippen molar-refractivity contribution in [3.63, 3.8) is 0 Å². The molecule has 92 valence electrons. The molecule has 0 aliphatic heterocycles. The second-order valence-corrected chi connectivity index (χ2v) is 10.8. The van der Waals surface area contributed by atoms with E-state index in [-0.39, 0.29) is 6.10 Å². The van der Waals surface area contributed by atoms with Crippen LogP contribution in [0.3, 0.4) is 0 Å². The maximum atomic E-state index is 10.7. The van der Waals surface area contributed by atoms with Gasteiger partial charge >= 0.3 is 116 Å². The molecule has 2 saturated carbocycles. The number of aliphatic hydroxyl groups excluding tert-OH is 1. The van der Waals surface area contributed by atoms with Gasteiger partial charge in [-0.05, 0) is 0 Å². The van der Waals surface area contributed by atoms with E-state index in [1.54, 1.807) is 0 Å². The Balaban J connectivity index is 1.74. The van der Waals surface area contributed by atoms with Crippen LogP contribution in [0.15, 0.2) is 30.3 Å². The van der Waals surface area contributed by atoms with Crippen molar-refractivity contribution < 1.29 is 5.11 Å². The first kappa shape index (κ1) is 12.3. The topological polar surface area (TPSA) is 20.2 Å². The minimum atomic E-state index is -0.0137. The van der Waals surface area contributed by atoms with Crippen LogP contribution < -0.4 is 4.46 Å². The van der Waals surface area contributed by atoms with Gasteiger partial charge in [-0.3, -0.25) is 0 Å². The van der Waals surface area contributed by atoms with Crippen molar-refractivity contribution in [2.24, 2.45) is 0 Å². The molecule has 2 aliphatic rings. The Morgan fingerprint density at radius 1 is 1.06 bits per heavy atom. The second kappa shape index (κ2) is 4.40. The van der Waals surface area contributed by atoms with E-state index < -0.39 is 0 Å². The number of rotatable bonds is 5. The molecule has 1 atom stereocenters. The zero-order chi connectivity index (χ0) is 11.9. The van der Waals surface area contributed by atoms with Crippen molar-refractivity contribution in [3.05, 3.63) is 30.3 Å². The summed E-state index contributed by atoms with van der Waals surface area (Å²) >= 11 is 1.06. The van der Waals surface area contributed by atoms with Crippen molar-refractivity contribution in [1.29, 1.82) is 0 Å². The van der Waals surface area contributed by atoms with E-state index in [1.807, 2.05) is 0 Å². The van der Waals surface area contributed by atoms with Gasteiger partial charge in [0.1, 0.15) is 0 Å². The molecule has 0 radical (unpaired) electrons. The third kappa shape index (κ3) is 2.24.